The fourth-order valence-corrected chi connectivity index (χ4v) is 4.06. The summed E-state index contributed by atoms with van der Waals surface area (Å²) in [5, 5.41) is 13.3. The van der Waals surface area contributed by atoms with Crippen LogP contribution in [0.1, 0.15) is 23.7 Å². The van der Waals surface area contributed by atoms with E-state index in [0.29, 0.717) is 17.4 Å². The number of rotatable bonds is 7. The van der Waals surface area contributed by atoms with E-state index in [1.807, 2.05) is 18.2 Å². The number of ether oxygens (including phenoxy) is 4. The Labute approximate surface area is 192 Å². The van der Waals surface area contributed by atoms with Crippen molar-refractivity contribution in [3.8, 4) is 0 Å². The maximum absolute atomic E-state index is 12.7. The molecule has 33 heavy (non-hydrogen) atoms. The lowest BCUT2D eigenvalue weighted by molar-refractivity contribution is -0.385. The molecule has 4 unspecified atom stereocenters. The van der Waals surface area contributed by atoms with Crippen molar-refractivity contribution in [3.63, 3.8) is 0 Å². The molecule has 0 N–H and O–H groups in total. The second-order valence-corrected chi connectivity index (χ2v) is 7.67. The number of hydrogen-bond acceptors (Lipinski definition) is 7. The predicted octanol–water partition coefficient (Wildman–Crippen LogP) is 4.29. The zero-order valence-electron chi connectivity index (χ0n) is 18.0. The van der Waals surface area contributed by atoms with Gasteiger partial charge in [0.15, 0.2) is 6.10 Å². The summed E-state index contributed by atoms with van der Waals surface area (Å²) in [7, 11) is 7.32. The van der Waals surface area contributed by atoms with Gasteiger partial charge in [-0.15, -0.1) is 0 Å². The summed E-state index contributed by atoms with van der Waals surface area (Å²) in [5.41, 5.74) is 0.692. The van der Waals surface area contributed by atoms with Crippen molar-refractivity contribution in [1.82, 2.24) is 0 Å². The minimum absolute atomic E-state index is 0.121. The summed E-state index contributed by atoms with van der Waals surface area (Å²) < 4.78 is 21.8. The molecule has 1 saturated heterocycles. The first kappa shape index (κ1) is 22.8. The molecule has 1 fully saturated rings. The molecule has 4 atom stereocenters. The maximum Gasteiger partial charge on any atom is 0.509 e. The molecule has 1 aliphatic rings. The minimum atomic E-state index is -1.06. The second kappa shape index (κ2) is 10.0. The third-order valence-corrected chi connectivity index (χ3v) is 5.62. The third kappa shape index (κ3) is 4.99. The first-order valence-corrected chi connectivity index (χ1v) is 10.5. The highest BCUT2D eigenvalue weighted by molar-refractivity contribution is 6.11. The summed E-state index contributed by atoms with van der Waals surface area (Å²) in [6.45, 7) is -0.121. The first-order valence-electron chi connectivity index (χ1n) is 10.5. The highest BCUT2D eigenvalue weighted by Gasteiger charge is 2.35. The van der Waals surface area contributed by atoms with Crippen LogP contribution in [-0.4, -0.2) is 50.9 Å². The normalized spacial score (nSPS) is 20.9. The zero-order chi connectivity index (χ0) is 23.4. The van der Waals surface area contributed by atoms with E-state index in [2.05, 4.69) is 0 Å². The van der Waals surface area contributed by atoms with Crippen LogP contribution >= 0.6 is 0 Å². The van der Waals surface area contributed by atoms with Gasteiger partial charge in [0, 0.05) is 19.2 Å². The number of methoxy groups -OCH3 is 1. The van der Waals surface area contributed by atoms with E-state index < -0.39 is 29.3 Å². The van der Waals surface area contributed by atoms with E-state index in [4.69, 9.17) is 26.8 Å². The summed E-state index contributed by atoms with van der Waals surface area (Å²) in [6.07, 6.45) is -2.40. The Bertz CT molecular complexity index is 1140. The SMILES string of the molecule is [B]C1CC(OC)C(COC(=O)OC(c2ccccc2)c2c([N+](=O)[O-])ccc3ccccc23)O1. The van der Waals surface area contributed by atoms with Gasteiger partial charge >= 0.3 is 6.16 Å². The Kier molecular flexibility index (Phi) is 6.91. The molecule has 0 spiro atoms. The number of nitrogens with zero attached hydrogens (tertiary/aromatic N) is 1. The van der Waals surface area contributed by atoms with Crippen LogP contribution in [0, 0.1) is 10.1 Å². The lowest BCUT2D eigenvalue weighted by atomic mass is 9.94. The summed E-state index contributed by atoms with van der Waals surface area (Å²) in [4.78, 5) is 24.1. The topological polar surface area (TPSA) is 97.1 Å². The maximum atomic E-state index is 12.7. The number of nitro benzene ring substituents is 1. The van der Waals surface area contributed by atoms with Crippen LogP contribution in [0.3, 0.4) is 0 Å². The highest BCUT2D eigenvalue weighted by Crippen LogP contribution is 2.38. The average Bonchev–Trinajstić information content (AvgIpc) is 3.20. The van der Waals surface area contributed by atoms with Crippen molar-refractivity contribution in [2.45, 2.75) is 30.7 Å². The Balaban J connectivity index is 1.66. The lowest BCUT2D eigenvalue weighted by Crippen LogP contribution is -2.30. The van der Waals surface area contributed by atoms with E-state index in [9.17, 15) is 14.9 Å². The van der Waals surface area contributed by atoms with Crippen LogP contribution in [0.2, 0.25) is 0 Å². The molecule has 0 aliphatic carbocycles. The van der Waals surface area contributed by atoms with Crippen LogP contribution in [0.4, 0.5) is 10.5 Å². The number of nitro groups is 1. The molecule has 2 radical (unpaired) electrons. The van der Waals surface area contributed by atoms with Gasteiger partial charge in [-0.3, -0.25) is 10.1 Å². The Morgan fingerprint density at radius 2 is 1.88 bits per heavy atom. The highest BCUT2D eigenvalue weighted by atomic mass is 16.7. The third-order valence-electron chi connectivity index (χ3n) is 5.62. The van der Waals surface area contributed by atoms with E-state index in [-0.39, 0.29) is 24.0 Å². The number of carbonyl (C=O) groups excluding carboxylic acids is 1. The van der Waals surface area contributed by atoms with Gasteiger partial charge in [0.1, 0.15) is 20.6 Å². The van der Waals surface area contributed by atoms with Crippen molar-refractivity contribution in [3.05, 3.63) is 88.0 Å². The molecule has 168 valence electrons. The van der Waals surface area contributed by atoms with Crippen molar-refractivity contribution >= 4 is 30.5 Å². The lowest BCUT2D eigenvalue weighted by Gasteiger charge is -2.21. The fraction of sp³-hybridized carbons (Fsp3) is 0.292. The van der Waals surface area contributed by atoms with Crippen molar-refractivity contribution in [1.29, 1.82) is 0 Å². The zero-order valence-corrected chi connectivity index (χ0v) is 18.0. The Hall–Kier alpha value is -3.43. The quantitative estimate of drug-likeness (QED) is 0.231. The summed E-state index contributed by atoms with van der Waals surface area (Å²) >= 11 is 0. The molecule has 1 heterocycles. The van der Waals surface area contributed by atoms with Crippen LogP contribution in [-0.2, 0) is 18.9 Å². The Morgan fingerprint density at radius 1 is 1.15 bits per heavy atom. The van der Waals surface area contributed by atoms with Gasteiger partial charge in [-0.2, -0.15) is 0 Å². The smallest absolute Gasteiger partial charge is 0.431 e. The predicted molar refractivity (Wildman–Crippen MR) is 121 cm³/mol. The van der Waals surface area contributed by atoms with Crippen LogP contribution in [0.25, 0.3) is 10.8 Å². The molecule has 9 heteroatoms. The fourth-order valence-electron chi connectivity index (χ4n) is 4.06. The summed E-state index contributed by atoms with van der Waals surface area (Å²) in [5.74, 6) is 0. The van der Waals surface area contributed by atoms with E-state index in [1.165, 1.54) is 13.2 Å². The molecule has 8 nitrogen and oxygen atoms in total. The van der Waals surface area contributed by atoms with Crippen LogP contribution in [0.5, 0.6) is 0 Å². The molecule has 4 rings (SSSR count). The van der Waals surface area contributed by atoms with E-state index in [0.717, 1.165) is 5.39 Å². The molecule has 0 amide bonds. The number of carbonyl (C=O) groups is 1. The van der Waals surface area contributed by atoms with Gasteiger partial charge in [-0.25, -0.2) is 4.79 Å². The van der Waals surface area contributed by atoms with Crippen LogP contribution in [0.15, 0.2) is 66.7 Å². The Morgan fingerprint density at radius 3 is 2.61 bits per heavy atom. The van der Waals surface area contributed by atoms with Crippen LogP contribution < -0.4 is 0 Å². The van der Waals surface area contributed by atoms with Gasteiger partial charge < -0.3 is 18.9 Å². The largest absolute Gasteiger partial charge is 0.509 e. The standard InChI is InChI=1S/C24H22BNO7/c1-30-19-13-21(25)32-20(19)14-31-24(27)33-23(16-8-3-2-4-9-16)22-17-10-6-5-7-15(17)11-12-18(22)26(28)29/h2-12,19-21,23H,13-14H2,1H3. The molecule has 0 saturated carbocycles. The molecule has 0 aromatic heterocycles. The van der Waals surface area contributed by atoms with Crippen molar-refractivity contribution in [2.24, 2.45) is 0 Å². The number of benzene rings is 3. The molecular formula is C24H22BNO7. The van der Waals surface area contributed by atoms with Gasteiger partial charge in [0.2, 0.25) is 0 Å². The van der Waals surface area contributed by atoms with Gasteiger partial charge in [-0.1, -0.05) is 54.6 Å². The van der Waals surface area contributed by atoms with E-state index >= 15 is 0 Å². The minimum Gasteiger partial charge on any atom is -0.431 e. The molecule has 3 aromatic rings. The number of fused-ring (bicyclic) bond motifs is 1. The van der Waals surface area contributed by atoms with Crippen molar-refractivity contribution in [2.75, 3.05) is 13.7 Å². The monoisotopic (exact) mass is 447 g/mol. The molecule has 0 bridgehead atoms. The second-order valence-electron chi connectivity index (χ2n) is 7.67. The van der Waals surface area contributed by atoms with Crippen molar-refractivity contribution < 1.29 is 28.7 Å². The molecule has 1 aliphatic heterocycles. The van der Waals surface area contributed by atoms with E-state index in [1.54, 1.807) is 42.5 Å². The molecule has 3 aromatic carbocycles. The van der Waals surface area contributed by atoms with Gasteiger partial charge in [0.25, 0.3) is 5.69 Å². The van der Waals surface area contributed by atoms with Gasteiger partial charge in [-0.05, 0) is 28.8 Å². The summed E-state index contributed by atoms with van der Waals surface area (Å²) in [6, 6.07) is 18.6. The molecular weight excluding hydrogens is 425 g/mol. The average molecular weight is 447 g/mol. The van der Waals surface area contributed by atoms with Gasteiger partial charge in [0.05, 0.1) is 16.6 Å². The first-order chi connectivity index (χ1) is 16.0. The number of hydrogen-bond donors (Lipinski definition) is 0.